The molecule has 1 saturated heterocycles. The highest BCUT2D eigenvalue weighted by molar-refractivity contribution is 7.89. The fourth-order valence-corrected chi connectivity index (χ4v) is 7.07. The third-order valence-electron chi connectivity index (χ3n) is 6.40. The van der Waals surface area contributed by atoms with E-state index in [4.69, 9.17) is 0 Å². The van der Waals surface area contributed by atoms with E-state index in [1.54, 1.807) is 4.31 Å². The van der Waals surface area contributed by atoms with Gasteiger partial charge in [-0.2, -0.15) is 4.31 Å². The molecule has 1 aliphatic carbocycles. The van der Waals surface area contributed by atoms with E-state index in [1.807, 2.05) is 37.8 Å². The number of likely N-dealkylation sites (tertiary alicyclic amines) is 1. The van der Waals surface area contributed by atoms with Crippen molar-refractivity contribution in [3.8, 4) is 0 Å². The fourth-order valence-electron chi connectivity index (χ4n) is 5.02. The Kier molecular flexibility index (Phi) is 7.38. The maximum Gasteiger partial charge on any atom is 0.244 e. The number of nitrogens with zero attached hydrogens (tertiary/aromatic N) is 2. The summed E-state index contributed by atoms with van der Waals surface area (Å²) in [6.45, 7) is 7.18. The van der Waals surface area contributed by atoms with Crippen LogP contribution in [0.1, 0.15) is 74.5 Å². The van der Waals surface area contributed by atoms with Crippen LogP contribution in [-0.4, -0.2) is 49.2 Å². The van der Waals surface area contributed by atoms with Gasteiger partial charge in [-0.05, 0) is 57.6 Å². The van der Waals surface area contributed by atoms with Crippen molar-refractivity contribution >= 4 is 15.9 Å². The van der Waals surface area contributed by atoms with Gasteiger partial charge in [0.1, 0.15) is 0 Å². The normalized spacial score (nSPS) is 19.4. The molecule has 3 rings (SSSR count). The monoisotopic (exact) mass is 420 g/mol. The standard InChI is InChI=1S/C23H36N2O3S/c1-18-15-19(2)23(20(3)16-18)29(27,28)25(21-11-7-6-8-12-21)17-22(26)24-13-9-4-5-10-14-24/h15-16,21H,4-14,17H2,1-3H3. The SMILES string of the molecule is Cc1cc(C)c(S(=O)(=O)N(CC(=O)N2CCCCCC2)C2CCCCC2)c(C)c1. The molecule has 5 nitrogen and oxygen atoms in total. The fraction of sp³-hybridized carbons (Fsp3) is 0.696. The topological polar surface area (TPSA) is 57.7 Å². The lowest BCUT2D eigenvalue weighted by Crippen LogP contribution is -2.48. The van der Waals surface area contributed by atoms with Gasteiger partial charge in [-0.25, -0.2) is 8.42 Å². The smallest absolute Gasteiger partial charge is 0.244 e. The summed E-state index contributed by atoms with van der Waals surface area (Å²) >= 11 is 0. The third kappa shape index (κ3) is 5.21. The van der Waals surface area contributed by atoms with Crippen molar-refractivity contribution in [3.05, 3.63) is 28.8 Å². The Morgan fingerprint density at radius 3 is 2.00 bits per heavy atom. The second-order valence-corrected chi connectivity index (χ2v) is 10.7. The Balaban J connectivity index is 1.93. The van der Waals surface area contributed by atoms with Gasteiger partial charge in [-0.3, -0.25) is 4.79 Å². The van der Waals surface area contributed by atoms with Crippen LogP contribution in [0.5, 0.6) is 0 Å². The van der Waals surface area contributed by atoms with Gasteiger partial charge in [0.2, 0.25) is 15.9 Å². The van der Waals surface area contributed by atoms with Crippen molar-refractivity contribution in [3.63, 3.8) is 0 Å². The van der Waals surface area contributed by atoms with Crippen LogP contribution in [0.2, 0.25) is 0 Å². The van der Waals surface area contributed by atoms with E-state index < -0.39 is 10.0 Å². The Labute approximate surface area is 176 Å². The molecule has 1 aromatic rings. The predicted octanol–water partition coefficient (Wildman–Crippen LogP) is 4.34. The van der Waals surface area contributed by atoms with Gasteiger partial charge in [0.25, 0.3) is 0 Å². The van der Waals surface area contributed by atoms with Gasteiger partial charge in [0.15, 0.2) is 0 Å². The van der Waals surface area contributed by atoms with E-state index in [2.05, 4.69) is 0 Å². The Morgan fingerprint density at radius 2 is 1.45 bits per heavy atom. The van der Waals surface area contributed by atoms with Crippen LogP contribution in [0.25, 0.3) is 0 Å². The van der Waals surface area contributed by atoms with Gasteiger partial charge < -0.3 is 4.90 Å². The van der Waals surface area contributed by atoms with E-state index in [9.17, 15) is 13.2 Å². The van der Waals surface area contributed by atoms with Crippen LogP contribution < -0.4 is 0 Å². The van der Waals surface area contributed by atoms with Gasteiger partial charge >= 0.3 is 0 Å². The molecule has 0 aromatic heterocycles. The summed E-state index contributed by atoms with van der Waals surface area (Å²) in [5.74, 6) is -0.0385. The van der Waals surface area contributed by atoms with Crippen LogP contribution in [0, 0.1) is 20.8 Å². The van der Waals surface area contributed by atoms with E-state index in [1.165, 1.54) is 0 Å². The summed E-state index contributed by atoms with van der Waals surface area (Å²) in [7, 11) is -3.74. The second kappa shape index (κ2) is 9.61. The summed E-state index contributed by atoms with van der Waals surface area (Å²) in [5, 5.41) is 0. The van der Waals surface area contributed by atoms with Gasteiger partial charge in [-0.1, -0.05) is 49.8 Å². The molecule has 2 aliphatic rings. The van der Waals surface area contributed by atoms with Gasteiger partial charge in [0.05, 0.1) is 11.4 Å². The third-order valence-corrected chi connectivity index (χ3v) is 8.61. The summed E-state index contributed by atoms with van der Waals surface area (Å²) in [6.07, 6.45) is 9.21. The first-order valence-electron chi connectivity index (χ1n) is 11.2. The first-order valence-corrected chi connectivity index (χ1v) is 12.6. The molecule has 1 saturated carbocycles. The van der Waals surface area contributed by atoms with Crippen LogP contribution in [-0.2, 0) is 14.8 Å². The maximum absolute atomic E-state index is 13.8. The molecular formula is C23H36N2O3S. The average Bonchev–Trinajstić information content (AvgIpc) is 2.95. The van der Waals surface area contributed by atoms with Crippen molar-refractivity contribution in [1.82, 2.24) is 9.21 Å². The Bertz CT molecular complexity index is 798. The zero-order chi connectivity index (χ0) is 21.0. The molecule has 0 atom stereocenters. The van der Waals surface area contributed by atoms with E-state index in [0.717, 1.165) is 87.6 Å². The lowest BCUT2D eigenvalue weighted by molar-refractivity contribution is -0.131. The minimum atomic E-state index is -3.74. The lowest BCUT2D eigenvalue weighted by Gasteiger charge is -2.35. The lowest BCUT2D eigenvalue weighted by atomic mass is 9.95. The Morgan fingerprint density at radius 1 is 0.931 bits per heavy atom. The number of aryl methyl sites for hydroxylation is 3. The van der Waals surface area contributed by atoms with Crippen molar-refractivity contribution in [2.45, 2.75) is 89.5 Å². The molecule has 29 heavy (non-hydrogen) atoms. The number of hydrogen-bond donors (Lipinski definition) is 0. The van der Waals surface area contributed by atoms with E-state index >= 15 is 0 Å². The summed E-state index contributed by atoms with van der Waals surface area (Å²) in [5.41, 5.74) is 2.60. The van der Waals surface area contributed by atoms with Crippen LogP contribution in [0.15, 0.2) is 17.0 Å². The van der Waals surface area contributed by atoms with Crippen LogP contribution in [0.4, 0.5) is 0 Å². The van der Waals surface area contributed by atoms with Gasteiger partial charge in [-0.15, -0.1) is 0 Å². The molecule has 1 aliphatic heterocycles. The molecule has 0 bridgehead atoms. The summed E-state index contributed by atoms with van der Waals surface area (Å²) < 4.78 is 29.2. The number of benzene rings is 1. The van der Waals surface area contributed by atoms with Crippen molar-refractivity contribution in [1.29, 1.82) is 0 Å². The largest absolute Gasteiger partial charge is 0.342 e. The molecule has 6 heteroatoms. The second-order valence-electron chi connectivity index (χ2n) is 8.86. The number of carbonyl (C=O) groups is 1. The molecular weight excluding hydrogens is 384 g/mol. The number of carbonyl (C=O) groups excluding carboxylic acids is 1. The van der Waals surface area contributed by atoms with Crippen LogP contribution in [0.3, 0.4) is 0 Å². The predicted molar refractivity (Wildman–Crippen MR) is 116 cm³/mol. The first kappa shape index (κ1) is 22.3. The number of sulfonamides is 1. The zero-order valence-electron chi connectivity index (χ0n) is 18.2. The molecule has 0 N–H and O–H groups in total. The van der Waals surface area contributed by atoms with Crippen molar-refractivity contribution < 1.29 is 13.2 Å². The van der Waals surface area contributed by atoms with E-state index in [0.29, 0.717) is 4.90 Å². The molecule has 1 amide bonds. The Hall–Kier alpha value is -1.40. The minimum Gasteiger partial charge on any atom is -0.342 e. The number of rotatable bonds is 5. The average molecular weight is 421 g/mol. The molecule has 0 radical (unpaired) electrons. The molecule has 0 unspecified atom stereocenters. The molecule has 1 heterocycles. The van der Waals surface area contributed by atoms with Gasteiger partial charge in [0, 0.05) is 19.1 Å². The zero-order valence-corrected chi connectivity index (χ0v) is 19.1. The highest BCUT2D eigenvalue weighted by Gasteiger charge is 2.36. The molecule has 1 aromatic carbocycles. The number of amides is 1. The van der Waals surface area contributed by atoms with E-state index in [-0.39, 0.29) is 18.5 Å². The molecule has 162 valence electrons. The summed E-state index contributed by atoms with van der Waals surface area (Å²) in [6, 6.07) is 3.77. The minimum absolute atomic E-state index is 0.0280. The molecule has 0 spiro atoms. The van der Waals surface area contributed by atoms with Crippen molar-refractivity contribution in [2.75, 3.05) is 19.6 Å². The number of hydrogen-bond acceptors (Lipinski definition) is 3. The quantitative estimate of drug-likeness (QED) is 0.712. The van der Waals surface area contributed by atoms with Crippen LogP contribution >= 0.6 is 0 Å². The highest BCUT2D eigenvalue weighted by Crippen LogP contribution is 2.31. The van der Waals surface area contributed by atoms with Crippen molar-refractivity contribution in [2.24, 2.45) is 0 Å². The first-order chi connectivity index (χ1) is 13.8. The molecule has 2 fully saturated rings. The highest BCUT2D eigenvalue weighted by atomic mass is 32.2. The summed E-state index contributed by atoms with van der Waals surface area (Å²) in [4.78, 5) is 15.4. The maximum atomic E-state index is 13.8.